The molecule has 1 saturated carbocycles. The Balaban J connectivity index is 1.63. The van der Waals surface area contributed by atoms with Gasteiger partial charge in [0.1, 0.15) is 11.6 Å². The number of anilines is 1. The van der Waals surface area contributed by atoms with Crippen molar-refractivity contribution in [1.82, 2.24) is 10.3 Å². The first-order chi connectivity index (χ1) is 16.7. The van der Waals surface area contributed by atoms with Crippen LogP contribution in [0.25, 0.3) is 0 Å². The Bertz CT molecular complexity index is 1120. The number of benzene rings is 1. The quantitative estimate of drug-likeness (QED) is 0.437. The van der Waals surface area contributed by atoms with Crippen molar-refractivity contribution in [3.8, 4) is 11.8 Å². The minimum atomic E-state index is -3.03. The zero-order chi connectivity index (χ0) is 25.5. The average molecular weight is 507 g/mol. The van der Waals surface area contributed by atoms with Crippen molar-refractivity contribution >= 4 is 29.3 Å². The van der Waals surface area contributed by atoms with Crippen molar-refractivity contribution in [3.05, 3.63) is 52.2 Å². The molecular weight excluding hydrogens is 482 g/mol. The number of amides is 1. The number of pyridine rings is 1. The molecule has 2 aromatic rings. The van der Waals surface area contributed by atoms with Gasteiger partial charge in [-0.2, -0.15) is 14.0 Å². The maximum Gasteiger partial charge on any atom is 0.387 e. The first-order valence-electron chi connectivity index (χ1n) is 11.1. The second-order valence-corrected chi connectivity index (χ2v) is 8.84. The normalized spacial score (nSPS) is 18.4. The molecule has 1 heterocycles. The third-order valence-electron chi connectivity index (χ3n) is 6.03. The van der Waals surface area contributed by atoms with Crippen molar-refractivity contribution in [3.63, 3.8) is 0 Å². The summed E-state index contributed by atoms with van der Waals surface area (Å²) in [5.41, 5.74) is 0.847. The summed E-state index contributed by atoms with van der Waals surface area (Å²) in [6, 6.07) is 6.93. The van der Waals surface area contributed by atoms with Crippen LogP contribution < -0.4 is 15.4 Å². The molecule has 8 nitrogen and oxygen atoms in total. The van der Waals surface area contributed by atoms with Crippen molar-refractivity contribution in [2.45, 2.75) is 45.3 Å². The molecule has 1 aliphatic carbocycles. The van der Waals surface area contributed by atoms with Gasteiger partial charge in [0.05, 0.1) is 34.2 Å². The summed E-state index contributed by atoms with van der Waals surface area (Å²) in [5, 5.41) is 24.2. The van der Waals surface area contributed by atoms with E-state index in [4.69, 9.17) is 22.0 Å². The summed E-state index contributed by atoms with van der Waals surface area (Å²) in [7, 11) is 0. The zero-order valence-corrected chi connectivity index (χ0v) is 19.7. The van der Waals surface area contributed by atoms with E-state index < -0.39 is 18.6 Å². The molecule has 11 heteroatoms. The molecule has 1 aromatic heterocycles. The second-order valence-electron chi connectivity index (χ2n) is 8.43. The van der Waals surface area contributed by atoms with Crippen molar-refractivity contribution in [1.29, 1.82) is 5.26 Å². The van der Waals surface area contributed by atoms with Crippen LogP contribution >= 0.6 is 11.6 Å². The molecule has 1 unspecified atom stereocenters. The van der Waals surface area contributed by atoms with E-state index in [2.05, 4.69) is 20.4 Å². The van der Waals surface area contributed by atoms with Crippen molar-refractivity contribution in [2.24, 2.45) is 11.8 Å². The van der Waals surface area contributed by atoms with E-state index >= 15 is 0 Å². The van der Waals surface area contributed by atoms with Gasteiger partial charge in [0.2, 0.25) is 0 Å². The van der Waals surface area contributed by atoms with Gasteiger partial charge in [-0.05, 0) is 62.8 Å². The summed E-state index contributed by atoms with van der Waals surface area (Å²) >= 11 is 6.32. The summed E-state index contributed by atoms with van der Waals surface area (Å²) in [5.74, 6) is -1.07. The lowest BCUT2D eigenvalue weighted by atomic mass is 9.82. The molecule has 1 atom stereocenters. The lowest BCUT2D eigenvalue weighted by molar-refractivity contribution is -0.143. The van der Waals surface area contributed by atoms with Gasteiger partial charge in [-0.3, -0.25) is 9.59 Å². The lowest BCUT2D eigenvalue weighted by Gasteiger charge is -2.26. The number of ether oxygens (including phenoxy) is 1. The second kappa shape index (κ2) is 11.8. The number of carbonyl (C=O) groups is 2. The van der Waals surface area contributed by atoms with Gasteiger partial charge in [-0.1, -0.05) is 11.6 Å². The first-order valence-corrected chi connectivity index (χ1v) is 11.5. The minimum Gasteiger partial charge on any atom is -0.481 e. The Hall–Kier alpha value is -3.45. The van der Waals surface area contributed by atoms with E-state index in [0.717, 1.165) is 12.8 Å². The number of carboxylic acid groups (broad SMARTS) is 1. The Labute approximate surface area is 206 Å². The Morgan fingerprint density at radius 3 is 2.60 bits per heavy atom. The highest BCUT2D eigenvalue weighted by atomic mass is 35.5. The number of rotatable bonds is 9. The Morgan fingerprint density at radius 2 is 2.00 bits per heavy atom. The lowest BCUT2D eigenvalue weighted by Crippen LogP contribution is -2.32. The van der Waals surface area contributed by atoms with Crippen LogP contribution in [0.1, 0.15) is 60.1 Å². The highest BCUT2D eigenvalue weighted by molar-refractivity contribution is 6.33. The highest BCUT2D eigenvalue weighted by Crippen LogP contribution is 2.32. The molecule has 186 valence electrons. The van der Waals surface area contributed by atoms with Crippen LogP contribution in [0.5, 0.6) is 5.75 Å². The molecule has 1 aromatic carbocycles. The van der Waals surface area contributed by atoms with E-state index in [-0.39, 0.29) is 45.5 Å². The standard InChI is InChI=1S/C24H25ClF2N4O4/c1-13(18-8-15(10-28)4-7-20(18)35-24(26)27)31-21-19(25)9-17(12-29-21)22(32)30-11-14-2-5-16(6-3-14)23(33)34/h4,7-9,12-14,16,24H,2-3,5-6,11H2,1H3,(H,29,31)(H,30,32)(H,33,34). The van der Waals surface area contributed by atoms with Crippen LogP contribution in [-0.2, 0) is 4.79 Å². The molecule has 0 spiro atoms. The largest absolute Gasteiger partial charge is 0.481 e. The number of hydrogen-bond donors (Lipinski definition) is 3. The number of aromatic nitrogens is 1. The maximum absolute atomic E-state index is 12.8. The van der Waals surface area contributed by atoms with Gasteiger partial charge in [-0.25, -0.2) is 4.98 Å². The number of alkyl halides is 2. The Morgan fingerprint density at radius 1 is 1.29 bits per heavy atom. The molecule has 1 fully saturated rings. The van der Waals surface area contributed by atoms with E-state index in [0.29, 0.717) is 24.9 Å². The minimum absolute atomic E-state index is 0.0801. The monoisotopic (exact) mass is 506 g/mol. The number of aliphatic carboxylic acids is 1. The van der Waals surface area contributed by atoms with Gasteiger partial charge in [0, 0.05) is 18.3 Å². The molecule has 0 saturated heterocycles. The fraction of sp³-hybridized carbons (Fsp3) is 0.417. The molecule has 1 amide bonds. The van der Waals surface area contributed by atoms with Gasteiger partial charge >= 0.3 is 12.6 Å². The summed E-state index contributed by atoms with van der Waals surface area (Å²) in [6.45, 7) is -0.922. The maximum atomic E-state index is 12.8. The summed E-state index contributed by atoms with van der Waals surface area (Å²) in [4.78, 5) is 27.8. The van der Waals surface area contributed by atoms with Crippen LogP contribution in [-0.4, -0.2) is 35.1 Å². The van der Waals surface area contributed by atoms with Gasteiger partial charge in [-0.15, -0.1) is 0 Å². The zero-order valence-electron chi connectivity index (χ0n) is 18.9. The van der Waals surface area contributed by atoms with Gasteiger partial charge in [0.15, 0.2) is 0 Å². The van der Waals surface area contributed by atoms with Crippen molar-refractivity contribution < 1.29 is 28.2 Å². The van der Waals surface area contributed by atoms with E-state index in [9.17, 15) is 18.4 Å². The van der Waals surface area contributed by atoms with Crippen LogP contribution in [0.2, 0.25) is 5.02 Å². The highest BCUT2D eigenvalue weighted by Gasteiger charge is 2.26. The topological polar surface area (TPSA) is 124 Å². The van der Waals surface area contributed by atoms with Crippen LogP contribution in [0.4, 0.5) is 14.6 Å². The number of carbonyl (C=O) groups excluding carboxylic acids is 1. The van der Waals surface area contributed by atoms with E-state index in [1.54, 1.807) is 6.92 Å². The number of halogens is 3. The fourth-order valence-electron chi connectivity index (χ4n) is 4.06. The molecule has 3 rings (SSSR count). The molecule has 0 radical (unpaired) electrons. The third kappa shape index (κ3) is 7.02. The first kappa shape index (κ1) is 26.2. The molecule has 0 bridgehead atoms. The fourth-order valence-corrected chi connectivity index (χ4v) is 4.28. The van der Waals surface area contributed by atoms with Gasteiger partial charge < -0.3 is 20.5 Å². The third-order valence-corrected chi connectivity index (χ3v) is 6.31. The van der Waals surface area contributed by atoms with Crippen LogP contribution in [0.3, 0.4) is 0 Å². The number of hydrogen-bond acceptors (Lipinski definition) is 6. The van der Waals surface area contributed by atoms with Crippen LogP contribution in [0.15, 0.2) is 30.5 Å². The van der Waals surface area contributed by atoms with Crippen molar-refractivity contribution in [2.75, 3.05) is 11.9 Å². The smallest absolute Gasteiger partial charge is 0.387 e. The molecular formula is C24H25ClF2N4O4. The van der Waals surface area contributed by atoms with E-state index in [1.165, 1.54) is 30.5 Å². The average Bonchev–Trinajstić information content (AvgIpc) is 2.83. The molecule has 3 N–H and O–H groups in total. The number of nitrogens with zero attached hydrogens (tertiary/aromatic N) is 2. The predicted octanol–water partition coefficient (Wildman–Crippen LogP) is 5.00. The Kier molecular flexibility index (Phi) is 8.82. The summed E-state index contributed by atoms with van der Waals surface area (Å²) in [6.07, 6.45) is 4.02. The molecule has 1 aliphatic rings. The van der Waals surface area contributed by atoms with Crippen LogP contribution in [0, 0.1) is 23.2 Å². The predicted molar refractivity (Wildman–Crippen MR) is 124 cm³/mol. The van der Waals surface area contributed by atoms with Gasteiger partial charge in [0.25, 0.3) is 5.91 Å². The summed E-state index contributed by atoms with van der Waals surface area (Å²) < 4.78 is 30.1. The van der Waals surface area contributed by atoms with E-state index in [1.807, 2.05) is 6.07 Å². The number of carboxylic acids is 1. The number of nitrogens with one attached hydrogen (secondary N) is 2. The number of nitriles is 1. The SMILES string of the molecule is CC(Nc1ncc(C(=O)NCC2CCC(C(=O)O)CC2)cc1Cl)c1cc(C#N)ccc1OC(F)F. The molecule has 0 aliphatic heterocycles. The molecule has 35 heavy (non-hydrogen) atoms.